The molecule has 28 heavy (non-hydrogen) atoms. The molecule has 0 unspecified atom stereocenters. The number of hydrogen-bond acceptors (Lipinski definition) is 7. The molecular weight excluding hydrogens is 368 g/mol. The van der Waals surface area contributed by atoms with Gasteiger partial charge in [-0.05, 0) is 25.1 Å². The molecule has 0 aliphatic carbocycles. The zero-order valence-electron chi connectivity index (χ0n) is 15.2. The maximum atomic E-state index is 12.2. The number of carbonyl (C=O) groups is 2. The average molecular weight is 388 g/mol. The van der Waals surface area contributed by atoms with Crippen LogP contribution in [0.1, 0.15) is 18.9 Å². The lowest BCUT2D eigenvalue weighted by atomic mass is 10.1. The minimum Gasteiger partial charge on any atom is -0.544 e. The Hall–Kier alpha value is -3.53. The molecule has 0 fully saturated rings. The van der Waals surface area contributed by atoms with E-state index >= 15 is 0 Å². The highest BCUT2D eigenvalue weighted by Crippen LogP contribution is 2.29. The van der Waals surface area contributed by atoms with Crippen molar-refractivity contribution in [3.8, 4) is 5.75 Å². The number of benzene rings is 1. The lowest BCUT2D eigenvalue weighted by molar-refractivity contribution is -0.697. The van der Waals surface area contributed by atoms with Gasteiger partial charge in [0.2, 0.25) is 5.91 Å². The second-order valence-corrected chi connectivity index (χ2v) is 5.85. The molecule has 148 valence electrons. The molecule has 1 atom stereocenters. The van der Waals surface area contributed by atoms with Gasteiger partial charge in [0.1, 0.15) is 24.0 Å². The van der Waals surface area contributed by atoms with Crippen LogP contribution in [0.3, 0.4) is 0 Å². The molecule has 1 amide bonds. The van der Waals surface area contributed by atoms with Gasteiger partial charge in [-0.3, -0.25) is 19.9 Å². The van der Waals surface area contributed by atoms with E-state index in [1.54, 1.807) is 31.5 Å². The van der Waals surface area contributed by atoms with Gasteiger partial charge in [-0.1, -0.05) is 6.07 Å². The molecule has 0 radical (unpaired) electrons. The molecular formula is C18H20N4O6. The van der Waals surface area contributed by atoms with Crippen LogP contribution in [0.15, 0.2) is 42.7 Å². The highest BCUT2D eigenvalue weighted by molar-refractivity contribution is 5.95. The normalized spacial score (nSPS) is 11.5. The molecule has 2 aromatic rings. The highest BCUT2D eigenvalue weighted by atomic mass is 16.6. The van der Waals surface area contributed by atoms with Crippen molar-refractivity contribution in [1.82, 2.24) is 4.98 Å². The van der Waals surface area contributed by atoms with E-state index in [1.165, 1.54) is 23.5 Å². The quantitative estimate of drug-likeness (QED) is 0.415. The Morgan fingerprint density at radius 1 is 1.36 bits per heavy atom. The average Bonchev–Trinajstić information content (AvgIpc) is 2.67. The van der Waals surface area contributed by atoms with Gasteiger partial charge in [-0.25, -0.2) is 0 Å². The Morgan fingerprint density at radius 3 is 2.75 bits per heavy atom. The molecule has 3 N–H and O–H groups in total. The molecule has 1 aromatic heterocycles. The van der Waals surface area contributed by atoms with Gasteiger partial charge in [-0.2, -0.15) is 0 Å². The zero-order valence-corrected chi connectivity index (χ0v) is 15.2. The third kappa shape index (κ3) is 6.02. The molecule has 10 heteroatoms. The summed E-state index contributed by atoms with van der Waals surface area (Å²) in [6.45, 7) is 2.37. The van der Waals surface area contributed by atoms with Crippen molar-refractivity contribution in [3.63, 3.8) is 0 Å². The number of anilines is 1. The van der Waals surface area contributed by atoms with Crippen molar-refractivity contribution in [2.75, 3.05) is 11.9 Å². The zero-order chi connectivity index (χ0) is 20.5. The number of rotatable bonds is 10. The second-order valence-electron chi connectivity index (χ2n) is 5.85. The Morgan fingerprint density at radius 2 is 2.14 bits per heavy atom. The summed E-state index contributed by atoms with van der Waals surface area (Å²) in [5, 5.41) is 26.4. The number of pyridine rings is 1. The number of carboxylic acid groups (broad SMARTS) is 1. The summed E-state index contributed by atoms with van der Waals surface area (Å²) in [5.41, 5.74) is 0.405. The summed E-state index contributed by atoms with van der Waals surface area (Å²) in [7, 11) is 0. The van der Waals surface area contributed by atoms with Gasteiger partial charge < -0.3 is 25.3 Å². The Kier molecular flexibility index (Phi) is 7.40. The number of nitro groups is 1. The van der Waals surface area contributed by atoms with Crippen LogP contribution >= 0.6 is 0 Å². The fourth-order valence-corrected chi connectivity index (χ4v) is 2.49. The number of aromatic nitrogens is 1. The number of nitrogens with two attached hydrogens (primary N) is 1. The van der Waals surface area contributed by atoms with E-state index in [1.807, 2.05) is 0 Å². The Labute approximate surface area is 160 Å². The Balaban J connectivity index is 2.04. The van der Waals surface area contributed by atoms with E-state index in [0.29, 0.717) is 18.9 Å². The number of carbonyl (C=O) groups excluding carboxylic acids is 2. The lowest BCUT2D eigenvalue weighted by Crippen LogP contribution is -2.92. The standard InChI is InChI=1S/C18H20N4O6/c1-2-28-13-5-6-14(16(8-13)22(26)27)21-17(23)9-15(18(24)25)20-11-12-4-3-7-19-10-12/h3-8,10,15,20H,2,9,11H2,1H3,(H,21,23)(H,24,25)/t15-/m0/s1. The van der Waals surface area contributed by atoms with Crippen LogP contribution in [0.4, 0.5) is 11.4 Å². The van der Waals surface area contributed by atoms with Gasteiger partial charge in [-0.15, -0.1) is 0 Å². The predicted molar refractivity (Wildman–Crippen MR) is 96.2 cm³/mol. The van der Waals surface area contributed by atoms with Crippen molar-refractivity contribution >= 4 is 23.3 Å². The highest BCUT2D eigenvalue weighted by Gasteiger charge is 2.22. The van der Waals surface area contributed by atoms with Crippen LogP contribution in [0, 0.1) is 10.1 Å². The van der Waals surface area contributed by atoms with Crippen molar-refractivity contribution in [2.45, 2.75) is 25.9 Å². The van der Waals surface area contributed by atoms with Gasteiger partial charge in [0, 0.05) is 18.0 Å². The molecule has 0 saturated heterocycles. The van der Waals surface area contributed by atoms with Crippen molar-refractivity contribution < 1.29 is 29.7 Å². The first-order chi connectivity index (χ1) is 13.4. The van der Waals surface area contributed by atoms with Crippen LogP contribution < -0.4 is 20.5 Å². The number of nitro benzene ring substituents is 1. The molecule has 0 saturated carbocycles. The summed E-state index contributed by atoms with van der Waals surface area (Å²) in [5.74, 6) is -1.78. The number of ether oxygens (including phenoxy) is 1. The summed E-state index contributed by atoms with van der Waals surface area (Å²) < 4.78 is 5.21. The van der Waals surface area contributed by atoms with E-state index in [4.69, 9.17) is 4.74 Å². The topological polar surface area (TPSA) is 151 Å². The van der Waals surface area contributed by atoms with E-state index in [9.17, 15) is 24.8 Å². The first kappa shape index (κ1) is 20.8. The van der Waals surface area contributed by atoms with Crippen LogP contribution in [-0.2, 0) is 16.1 Å². The molecule has 0 aliphatic rings. The minimum absolute atomic E-state index is 0.0391. The maximum absolute atomic E-state index is 12.2. The third-order valence-electron chi connectivity index (χ3n) is 3.82. The van der Waals surface area contributed by atoms with Crippen LogP contribution in [0.5, 0.6) is 5.75 Å². The van der Waals surface area contributed by atoms with Crippen molar-refractivity contribution in [1.29, 1.82) is 0 Å². The number of nitrogens with zero attached hydrogens (tertiary/aromatic N) is 2. The number of amides is 1. The molecule has 0 spiro atoms. The molecule has 1 heterocycles. The first-order valence-corrected chi connectivity index (χ1v) is 8.55. The fraction of sp³-hybridized carbons (Fsp3) is 0.278. The minimum atomic E-state index is -1.40. The van der Waals surface area contributed by atoms with E-state index in [2.05, 4.69) is 10.3 Å². The number of aliphatic carboxylic acids is 1. The fourth-order valence-electron chi connectivity index (χ4n) is 2.49. The summed E-state index contributed by atoms with van der Waals surface area (Å²) in [6, 6.07) is 6.37. The smallest absolute Gasteiger partial charge is 0.296 e. The number of hydrogen-bond donors (Lipinski definition) is 2. The van der Waals surface area contributed by atoms with Gasteiger partial charge >= 0.3 is 0 Å². The van der Waals surface area contributed by atoms with Crippen molar-refractivity contribution in [2.24, 2.45) is 0 Å². The number of carboxylic acids is 1. The van der Waals surface area contributed by atoms with Crippen LogP contribution in [0.25, 0.3) is 0 Å². The summed E-state index contributed by atoms with van der Waals surface area (Å²) >= 11 is 0. The molecule has 10 nitrogen and oxygen atoms in total. The number of nitrogens with one attached hydrogen (secondary N) is 1. The molecule has 0 aliphatic heterocycles. The number of quaternary nitrogens is 1. The predicted octanol–water partition coefficient (Wildman–Crippen LogP) is -0.401. The summed E-state index contributed by atoms with van der Waals surface area (Å²) in [4.78, 5) is 38.1. The molecule has 1 aromatic carbocycles. The molecule has 0 bridgehead atoms. The van der Waals surface area contributed by atoms with E-state index in [-0.39, 0.29) is 11.4 Å². The van der Waals surface area contributed by atoms with Gasteiger partial charge in [0.25, 0.3) is 5.69 Å². The SMILES string of the molecule is CCOc1ccc(NC(=O)C[C@H]([NH2+]Cc2cccnc2)C(=O)[O-])c([N+](=O)[O-])c1. The largest absolute Gasteiger partial charge is 0.544 e. The maximum Gasteiger partial charge on any atom is 0.296 e. The second kappa shape index (κ2) is 9.97. The van der Waals surface area contributed by atoms with Gasteiger partial charge in [0.05, 0.1) is 30.0 Å². The molecule has 2 rings (SSSR count). The lowest BCUT2D eigenvalue weighted by Gasteiger charge is -2.16. The van der Waals surface area contributed by atoms with Crippen LogP contribution in [0.2, 0.25) is 0 Å². The summed E-state index contributed by atoms with van der Waals surface area (Å²) in [6.07, 6.45) is 2.77. The van der Waals surface area contributed by atoms with E-state index in [0.717, 1.165) is 5.56 Å². The van der Waals surface area contributed by atoms with Crippen LogP contribution in [-0.4, -0.2) is 34.4 Å². The third-order valence-corrected chi connectivity index (χ3v) is 3.82. The van der Waals surface area contributed by atoms with Crippen molar-refractivity contribution in [3.05, 3.63) is 58.4 Å². The van der Waals surface area contributed by atoms with Gasteiger partial charge in [0.15, 0.2) is 0 Å². The first-order valence-electron chi connectivity index (χ1n) is 8.55. The Bertz CT molecular complexity index is 843. The monoisotopic (exact) mass is 388 g/mol. The van der Waals surface area contributed by atoms with E-state index < -0.39 is 29.3 Å².